The second-order valence-electron chi connectivity index (χ2n) is 2.51. The molecule has 0 aromatic carbocycles. The summed E-state index contributed by atoms with van der Waals surface area (Å²) in [5.74, 6) is 1.07. The summed E-state index contributed by atoms with van der Waals surface area (Å²) in [7, 11) is 0. The third kappa shape index (κ3) is 1.36. The van der Waals surface area contributed by atoms with Crippen LogP contribution in [-0.4, -0.2) is 21.7 Å². The number of hydrogen-bond donors (Lipinski definition) is 2. The molecule has 0 radical (unpaired) electrons. The molecule has 56 valence electrons. The summed E-state index contributed by atoms with van der Waals surface area (Å²) in [6, 6.07) is 0. The van der Waals surface area contributed by atoms with Gasteiger partial charge in [-0.2, -0.15) is 0 Å². The number of aliphatic hydroxyl groups is 1. The first-order valence-electron chi connectivity index (χ1n) is 3.36. The molecule has 0 aliphatic heterocycles. The number of H-pyrrole nitrogens is 1. The molecule has 0 aliphatic rings. The second kappa shape index (κ2) is 2.84. The SMILES string of the molecule is Cc1ncc([C@H](C)CO)[nH]1. The van der Waals surface area contributed by atoms with Crippen molar-refractivity contribution in [2.75, 3.05) is 6.61 Å². The quantitative estimate of drug-likeness (QED) is 0.638. The van der Waals surface area contributed by atoms with Gasteiger partial charge in [0.25, 0.3) is 0 Å². The molecule has 0 aliphatic carbocycles. The highest BCUT2D eigenvalue weighted by Crippen LogP contribution is 2.10. The molecular formula is C7H12N2O. The number of nitrogens with one attached hydrogen (secondary N) is 1. The van der Waals surface area contributed by atoms with E-state index >= 15 is 0 Å². The Bertz CT molecular complexity index is 207. The summed E-state index contributed by atoms with van der Waals surface area (Å²) in [4.78, 5) is 7.07. The summed E-state index contributed by atoms with van der Waals surface area (Å²) >= 11 is 0. The molecule has 2 N–H and O–H groups in total. The van der Waals surface area contributed by atoms with Gasteiger partial charge in [0, 0.05) is 17.8 Å². The van der Waals surface area contributed by atoms with Gasteiger partial charge in [-0.25, -0.2) is 4.98 Å². The molecule has 1 atom stereocenters. The van der Waals surface area contributed by atoms with Gasteiger partial charge in [-0.05, 0) is 6.92 Å². The van der Waals surface area contributed by atoms with Crippen LogP contribution in [0.1, 0.15) is 24.4 Å². The predicted octanol–water partition coefficient (Wildman–Crippen LogP) is 0.814. The topological polar surface area (TPSA) is 48.9 Å². The first kappa shape index (κ1) is 7.28. The van der Waals surface area contributed by atoms with Crippen molar-refractivity contribution in [3.63, 3.8) is 0 Å². The van der Waals surface area contributed by atoms with E-state index in [1.807, 2.05) is 13.8 Å². The Labute approximate surface area is 60.1 Å². The normalized spacial score (nSPS) is 13.5. The zero-order valence-electron chi connectivity index (χ0n) is 6.26. The van der Waals surface area contributed by atoms with Crippen LogP contribution in [0.2, 0.25) is 0 Å². The van der Waals surface area contributed by atoms with Gasteiger partial charge in [0.1, 0.15) is 5.82 Å². The van der Waals surface area contributed by atoms with E-state index in [4.69, 9.17) is 5.11 Å². The van der Waals surface area contributed by atoms with Crippen LogP contribution < -0.4 is 0 Å². The fourth-order valence-electron chi connectivity index (χ4n) is 0.789. The number of aromatic amines is 1. The molecule has 0 bridgehead atoms. The van der Waals surface area contributed by atoms with Crippen LogP contribution in [0.15, 0.2) is 6.20 Å². The highest BCUT2D eigenvalue weighted by atomic mass is 16.3. The van der Waals surface area contributed by atoms with E-state index in [9.17, 15) is 0 Å². The molecule has 0 spiro atoms. The minimum Gasteiger partial charge on any atom is -0.396 e. The zero-order valence-corrected chi connectivity index (χ0v) is 6.26. The Balaban J connectivity index is 2.74. The van der Waals surface area contributed by atoms with Gasteiger partial charge >= 0.3 is 0 Å². The van der Waals surface area contributed by atoms with Gasteiger partial charge in [-0.3, -0.25) is 0 Å². The number of hydrogen-bond acceptors (Lipinski definition) is 2. The van der Waals surface area contributed by atoms with Gasteiger partial charge < -0.3 is 10.1 Å². The standard InChI is InChI=1S/C7H12N2O/c1-5(4-10)7-3-8-6(2)9-7/h3,5,10H,4H2,1-2H3,(H,8,9)/t5-/m1/s1. The molecule has 1 rings (SSSR count). The maximum absolute atomic E-state index is 8.75. The third-order valence-electron chi connectivity index (χ3n) is 1.53. The molecule has 3 nitrogen and oxygen atoms in total. The molecule has 0 amide bonds. The molecule has 0 unspecified atom stereocenters. The summed E-state index contributed by atoms with van der Waals surface area (Å²) in [5, 5.41) is 8.75. The summed E-state index contributed by atoms with van der Waals surface area (Å²) in [6.07, 6.45) is 1.76. The van der Waals surface area contributed by atoms with E-state index in [0.717, 1.165) is 11.5 Å². The first-order valence-corrected chi connectivity index (χ1v) is 3.36. The molecular weight excluding hydrogens is 128 g/mol. The van der Waals surface area contributed by atoms with Gasteiger partial charge in [0.15, 0.2) is 0 Å². The Morgan fingerprint density at radius 3 is 2.90 bits per heavy atom. The summed E-state index contributed by atoms with van der Waals surface area (Å²) in [6.45, 7) is 4.02. The van der Waals surface area contributed by atoms with E-state index < -0.39 is 0 Å². The fraction of sp³-hybridized carbons (Fsp3) is 0.571. The van der Waals surface area contributed by atoms with Gasteiger partial charge in [-0.1, -0.05) is 6.92 Å². The second-order valence-corrected chi connectivity index (χ2v) is 2.51. The van der Waals surface area contributed by atoms with Gasteiger partial charge in [0.2, 0.25) is 0 Å². The number of aromatic nitrogens is 2. The third-order valence-corrected chi connectivity index (χ3v) is 1.53. The van der Waals surface area contributed by atoms with Crippen LogP contribution in [0.5, 0.6) is 0 Å². The number of imidazole rings is 1. The van der Waals surface area contributed by atoms with Gasteiger partial charge in [0.05, 0.1) is 6.61 Å². The number of aliphatic hydroxyl groups excluding tert-OH is 1. The number of nitrogens with zero attached hydrogens (tertiary/aromatic N) is 1. The lowest BCUT2D eigenvalue weighted by Crippen LogP contribution is -1.98. The molecule has 0 saturated heterocycles. The van der Waals surface area contributed by atoms with Crippen LogP contribution >= 0.6 is 0 Å². The van der Waals surface area contributed by atoms with Crippen LogP contribution in [0, 0.1) is 6.92 Å². The van der Waals surface area contributed by atoms with E-state index in [2.05, 4.69) is 9.97 Å². The van der Waals surface area contributed by atoms with Crippen molar-refractivity contribution in [3.05, 3.63) is 17.7 Å². The molecule has 1 heterocycles. The maximum atomic E-state index is 8.75. The lowest BCUT2D eigenvalue weighted by atomic mass is 10.1. The molecule has 1 aromatic heterocycles. The first-order chi connectivity index (χ1) is 4.74. The minimum atomic E-state index is 0.168. The predicted molar refractivity (Wildman–Crippen MR) is 38.8 cm³/mol. The van der Waals surface area contributed by atoms with E-state index in [0.29, 0.717) is 0 Å². The monoisotopic (exact) mass is 140 g/mol. The minimum absolute atomic E-state index is 0.168. The van der Waals surface area contributed by atoms with Crippen molar-refractivity contribution in [2.45, 2.75) is 19.8 Å². The number of aryl methyl sites for hydroxylation is 1. The molecule has 0 saturated carbocycles. The Kier molecular flexibility index (Phi) is 2.06. The van der Waals surface area contributed by atoms with Crippen molar-refractivity contribution in [1.29, 1.82) is 0 Å². The molecule has 1 aromatic rings. The Hall–Kier alpha value is -0.830. The average molecular weight is 140 g/mol. The Morgan fingerprint density at radius 2 is 2.50 bits per heavy atom. The number of rotatable bonds is 2. The van der Waals surface area contributed by atoms with Gasteiger partial charge in [-0.15, -0.1) is 0 Å². The van der Waals surface area contributed by atoms with Crippen LogP contribution in [0.4, 0.5) is 0 Å². The van der Waals surface area contributed by atoms with Crippen LogP contribution in [0.25, 0.3) is 0 Å². The molecule has 3 heteroatoms. The van der Waals surface area contributed by atoms with Crippen molar-refractivity contribution < 1.29 is 5.11 Å². The highest BCUT2D eigenvalue weighted by Gasteiger charge is 2.04. The largest absolute Gasteiger partial charge is 0.396 e. The van der Waals surface area contributed by atoms with E-state index in [1.165, 1.54) is 0 Å². The fourth-order valence-corrected chi connectivity index (χ4v) is 0.789. The lowest BCUT2D eigenvalue weighted by Gasteiger charge is -2.01. The van der Waals surface area contributed by atoms with Crippen molar-refractivity contribution >= 4 is 0 Å². The Morgan fingerprint density at radius 1 is 1.80 bits per heavy atom. The lowest BCUT2D eigenvalue weighted by molar-refractivity contribution is 0.271. The van der Waals surface area contributed by atoms with Crippen LogP contribution in [-0.2, 0) is 0 Å². The average Bonchev–Trinajstić information content (AvgIpc) is 2.34. The maximum Gasteiger partial charge on any atom is 0.103 e. The van der Waals surface area contributed by atoms with Crippen molar-refractivity contribution in [1.82, 2.24) is 9.97 Å². The van der Waals surface area contributed by atoms with Crippen molar-refractivity contribution in [3.8, 4) is 0 Å². The van der Waals surface area contributed by atoms with E-state index in [-0.39, 0.29) is 12.5 Å². The highest BCUT2D eigenvalue weighted by molar-refractivity contribution is 5.05. The smallest absolute Gasteiger partial charge is 0.103 e. The summed E-state index contributed by atoms with van der Waals surface area (Å²) < 4.78 is 0. The molecule has 10 heavy (non-hydrogen) atoms. The zero-order chi connectivity index (χ0) is 7.56. The summed E-state index contributed by atoms with van der Waals surface area (Å²) in [5.41, 5.74) is 1.00. The van der Waals surface area contributed by atoms with Crippen LogP contribution in [0.3, 0.4) is 0 Å². The van der Waals surface area contributed by atoms with E-state index in [1.54, 1.807) is 6.20 Å². The van der Waals surface area contributed by atoms with Crippen molar-refractivity contribution in [2.24, 2.45) is 0 Å². The molecule has 0 fully saturated rings.